The van der Waals surface area contributed by atoms with Gasteiger partial charge in [-0.25, -0.2) is 0 Å². The summed E-state index contributed by atoms with van der Waals surface area (Å²) in [5, 5.41) is 12.6. The molecule has 0 aliphatic carbocycles. The molecule has 92 valence electrons. The molecule has 1 amide bonds. The number of likely N-dealkylation sites (tertiary alicyclic amines) is 1. The topological polar surface area (TPSA) is 52.6 Å². The number of aliphatic hydroxyl groups excluding tert-OH is 1. The number of hydrogen-bond acceptors (Lipinski definition) is 3. The molecule has 2 aliphatic heterocycles. The Labute approximate surface area is 97.0 Å². The maximum Gasteiger partial charge on any atom is 0.223 e. The lowest BCUT2D eigenvalue weighted by molar-refractivity contribution is -0.134. The number of amides is 1. The predicted molar refractivity (Wildman–Crippen MR) is 62.0 cm³/mol. The van der Waals surface area contributed by atoms with Gasteiger partial charge < -0.3 is 15.3 Å². The average molecular weight is 226 g/mol. The molecule has 0 saturated carbocycles. The number of carbonyl (C=O) groups is 1. The lowest BCUT2D eigenvalue weighted by Crippen LogP contribution is -2.40. The van der Waals surface area contributed by atoms with Gasteiger partial charge in [0.1, 0.15) is 0 Å². The molecule has 3 unspecified atom stereocenters. The van der Waals surface area contributed by atoms with Crippen LogP contribution in [0.4, 0.5) is 0 Å². The van der Waals surface area contributed by atoms with E-state index in [1.165, 1.54) is 0 Å². The van der Waals surface area contributed by atoms with E-state index in [2.05, 4.69) is 12.2 Å². The smallest absolute Gasteiger partial charge is 0.223 e. The highest BCUT2D eigenvalue weighted by Gasteiger charge is 2.34. The molecule has 2 heterocycles. The van der Waals surface area contributed by atoms with Gasteiger partial charge in [-0.1, -0.05) is 6.92 Å². The normalized spacial score (nSPS) is 34.6. The zero-order valence-electron chi connectivity index (χ0n) is 9.98. The van der Waals surface area contributed by atoms with Crippen LogP contribution in [0.5, 0.6) is 0 Å². The van der Waals surface area contributed by atoms with Crippen LogP contribution in [0.2, 0.25) is 0 Å². The van der Waals surface area contributed by atoms with Crippen LogP contribution in [-0.2, 0) is 4.79 Å². The molecule has 0 radical (unpaired) electrons. The number of nitrogens with one attached hydrogen (secondary N) is 1. The third-order valence-corrected chi connectivity index (χ3v) is 4.02. The largest absolute Gasteiger partial charge is 0.394 e. The maximum absolute atomic E-state index is 12.1. The third kappa shape index (κ3) is 2.38. The highest BCUT2D eigenvalue weighted by molar-refractivity contribution is 5.77. The standard InChI is InChI=1S/C12H22N2O2/c1-9-3-5-14(11(9)8-15)12(16)6-10-2-4-13-7-10/h9-11,13,15H,2-8H2,1H3. The molecule has 2 rings (SSSR count). The molecule has 0 aromatic carbocycles. The van der Waals surface area contributed by atoms with Crippen molar-refractivity contribution in [3.05, 3.63) is 0 Å². The first-order valence-electron chi connectivity index (χ1n) is 6.33. The first-order valence-corrected chi connectivity index (χ1v) is 6.33. The molecule has 0 aromatic rings. The second-order valence-electron chi connectivity index (χ2n) is 5.17. The lowest BCUT2D eigenvalue weighted by Gasteiger charge is -2.26. The van der Waals surface area contributed by atoms with Gasteiger partial charge in [0, 0.05) is 13.0 Å². The van der Waals surface area contributed by atoms with Gasteiger partial charge in [-0.05, 0) is 37.8 Å². The van der Waals surface area contributed by atoms with Crippen LogP contribution in [-0.4, -0.2) is 48.2 Å². The van der Waals surface area contributed by atoms with Crippen LogP contribution in [0.25, 0.3) is 0 Å². The van der Waals surface area contributed by atoms with Crippen LogP contribution in [0, 0.1) is 11.8 Å². The number of hydrogen-bond donors (Lipinski definition) is 2. The molecule has 4 heteroatoms. The fourth-order valence-electron chi connectivity index (χ4n) is 2.85. The Morgan fingerprint density at radius 1 is 1.50 bits per heavy atom. The van der Waals surface area contributed by atoms with Crippen LogP contribution in [0.1, 0.15) is 26.2 Å². The number of carbonyl (C=O) groups excluding carboxylic acids is 1. The molecule has 0 aromatic heterocycles. The summed E-state index contributed by atoms with van der Waals surface area (Å²) in [6.45, 7) is 5.06. The molecule has 2 saturated heterocycles. The number of nitrogens with zero attached hydrogens (tertiary/aromatic N) is 1. The Balaban J connectivity index is 1.88. The summed E-state index contributed by atoms with van der Waals surface area (Å²) >= 11 is 0. The van der Waals surface area contributed by atoms with E-state index in [0.29, 0.717) is 18.3 Å². The molecule has 2 aliphatic rings. The van der Waals surface area contributed by atoms with Gasteiger partial charge in [-0.2, -0.15) is 0 Å². The van der Waals surface area contributed by atoms with Crippen molar-refractivity contribution >= 4 is 5.91 Å². The minimum Gasteiger partial charge on any atom is -0.394 e. The number of rotatable bonds is 3. The zero-order valence-corrected chi connectivity index (χ0v) is 9.98. The van der Waals surface area contributed by atoms with Crippen molar-refractivity contribution in [2.75, 3.05) is 26.2 Å². The van der Waals surface area contributed by atoms with E-state index in [-0.39, 0.29) is 18.6 Å². The SMILES string of the molecule is CC1CCN(C(=O)CC2CCNC2)C1CO. The summed E-state index contributed by atoms with van der Waals surface area (Å²) in [5.41, 5.74) is 0. The molecule has 0 spiro atoms. The van der Waals surface area contributed by atoms with Crippen LogP contribution in [0.15, 0.2) is 0 Å². The Hall–Kier alpha value is -0.610. The van der Waals surface area contributed by atoms with Crippen molar-refractivity contribution in [1.82, 2.24) is 10.2 Å². The minimum absolute atomic E-state index is 0.0573. The summed E-state index contributed by atoms with van der Waals surface area (Å²) in [6.07, 6.45) is 2.79. The van der Waals surface area contributed by atoms with Gasteiger partial charge in [0.25, 0.3) is 0 Å². The molecule has 16 heavy (non-hydrogen) atoms. The minimum atomic E-state index is 0.0573. The fourth-order valence-corrected chi connectivity index (χ4v) is 2.85. The second-order valence-corrected chi connectivity index (χ2v) is 5.17. The molecule has 0 bridgehead atoms. The molecular formula is C12H22N2O2. The van der Waals surface area contributed by atoms with E-state index >= 15 is 0 Å². The highest BCUT2D eigenvalue weighted by atomic mass is 16.3. The number of aliphatic hydroxyl groups is 1. The lowest BCUT2D eigenvalue weighted by atomic mass is 10.0. The molecule has 4 nitrogen and oxygen atoms in total. The molecule has 3 atom stereocenters. The van der Waals surface area contributed by atoms with E-state index in [0.717, 1.165) is 32.5 Å². The maximum atomic E-state index is 12.1. The Bertz CT molecular complexity index is 251. The van der Waals surface area contributed by atoms with Gasteiger partial charge in [-0.15, -0.1) is 0 Å². The summed E-state index contributed by atoms with van der Waals surface area (Å²) in [4.78, 5) is 14.0. The Kier molecular flexibility index (Phi) is 3.82. The van der Waals surface area contributed by atoms with Crippen molar-refractivity contribution in [3.63, 3.8) is 0 Å². The van der Waals surface area contributed by atoms with Gasteiger partial charge in [0.05, 0.1) is 12.6 Å². The monoisotopic (exact) mass is 226 g/mol. The molecule has 2 fully saturated rings. The van der Waals surface area contributed by atoms with Gasteiger partial charge >= 0.3 is 0 Å². The van der Waals surface area contributed by atoms with E-state index in [9.17, 15) is 9.90 Å². The van der Waals surface area contributed by atoms with E-state index in [4.69, 9.17) is 0 Å². The van der Waals surface area contributed by atoms with Gasteiger partial charge in [0.2, 0.25) is 5.91 Å². The van der Waals surface area contributed by atoms with Crippen molar-refractivity contribution in [2.24, 2.45) is 11.8 Å². The van der Waals surface area contributed by atoms with Crippen LogP contribution < -0.4 is 5.32 Å². The first kappa shape index (κ1) is 11.9. The van der Waals surface area contributed by atoms with Crippen molar-refractivity contribution in [2.45, 2.75) is 32.2 Å². The van der Waals surface area contributed by atoms with Crippen molar-refractivity contribution in [3.8, 4) is 0 Å². The Morgan fingerprint density at radius 2 is 2.31 bits per heavy atom. The summed E-state index contributed by atoms with van der Waals surface area (Å²) in [5.74, 6) is 1.18. The van der Waals surface area contributed by atoms with Crippen molar-refractivity contribution in [1.29, 1.82) is 0 Å². The highest BCUT2D eigenvalue weighted by Crippen LogP contribution is 2.25. The molecule has 2 N–H and O–H groups in total. The predicted octanol–water partition coefficient (Wildman–Crippen LogP) is 0.215. The average Bonchev–Trinajstić information content (AvgIpc) is 2.87. The zero-order chi connectivity index (χ0) is 11.5. The Morgan fingerprint density at radius 3 is 2.94 bits per heavy atom. The fraction of sp³-hybridized carbons (Fsp3) is 0.917. The molecular weight excluding hydrogens is 204 g/mol. The van der Waals surface area contributed by atoms with E-state index < -0.39 is 0 Å². The van der Waals surface area contributed by atoms with Crippen molar-refractivity contribution < 1.29 is 9.90 Å². The van der Waals surface area contributed by atoms with Crippen LogP contribution >= 0.6 is 0 Å². The third-order valence-electron chi connectivity index (χ3n) is 4.02. The quantitative estimate of drug-likeness (QED) is 0.723. The van der Waals surface area contributed by atoms with Gasteiger partial charge in [-0.3, -0.25) is 4.79 Å². The second kappa shape index (κ2) is 5.15. The summed E-state index contributed by atoms with van der Waals surface area (Å²) in [6, 6.07) is 0.0573. The van der Waals surface area contributed by atoms with E-state index in [1.807, 2.05) is 4.90 Å². The summed E-state index contributed by atoms with van der Waals surface area (Å²) in [7, 11) is 0. The van der Waals surface area contributed by atoms with Gasteiger partial charge in [0.15, 0.2) is 0 Å². The van der Waals surface area contributed by atoms with Crippen LogP contribution in [0.3, 0.4) is 0 Å². The first-order chi connectivity index (χ1) is 7.72. The van der Waals surface area contributed by atoms with E-state index in [1.54, 1.807) is 0 Å². The summed E-state index contributed by atoms with van der Waals surface area (Å²) < 4.78 is 0.